The van der Waals surface area contributed by atoms with Gasteiger partial charge in [-0.2, -0.15) is 0 Å². The molecular formula is C19H15ClO6. The van der Waals surface area contributed by atoms with Crippen molar-refractivity contribution in [3.63, 3.8) is 0 Å². The van der Waals surface area contributed by atoms with Gasteiger partial charge >= 0.3 is 11.6 Å². The molecule has 0 amide bonds. The van der Waals surface area contributed by atoms with Crippen LogP contribution in [-0.4, -0.2) is 19.7 Å². The Morgan fingerprint density at radius 2 is 1.96 bits per heavy atom. The summed E-state index contributed by atoms with van der Waals surface area (Å²) in [5.41, 5.74) is 0.361. The summed E-state index contributed by atoms with van der Waals surface area (Å²) in [4.78, 5) is 23.6. The monoisotopic (exact) mass is 374 g/mol. The lowest BCUT2D eigenvalue weighted by molar-refractivity contribution is -0.147. The second-order valence-electron chi connectivity index (χ2n) is 5.36. The molecule has 1 heterocycles. The zero-order chi connectivity index (χ0) is 18.5. The van der Waals surface area contributed by atoms with Crippen LogP contribution in [-0.2, 0) is 16.1 Å². The summed E-state index contributed by atoms with van der Waals surface area (Å²) < 4.78 is 20.8. The number of carbonyl (C=O) groups excluding carboxylic acids is 1. The van der Waals surface area contributed by atoms with Crippen molar-refractivity contribution in [1.29, 1.82) is 0 Å². The smallest absolute Gasteiger partial charge is 0.344 e. The maximum absolute atomic E-state index is 11.9. The predicted molar refractivity (Wildman–Crippen MR) is 95.8 cm³/mol. The molecule has 1 aromatic heterocycles. The van der Waals surface area contributed by atoms with E-state index in [0.717, 1.165) is 0 Å². The molecule has 26 heavy (non-hydrogen) atoms. The molecule has 3 rings (SSSR count). The van der Waals surface area contributed by atoms with Gasteiger partial charge in [-0.3, -0.25) is 0 Å². The van der Waals surface area contributed by atoms with Gasteiger partial charge in [0.05, 0.1) is 7.11 Å². The Morgan fingerprint density at radius 3 is 2.73 bits per heavy atom. The van der Waals surface area contributed by atoms with Crippen LogP contribution >= 0.6 is 11.6 Å². The number of rotatable bonds is 6. The van der Waals surface area contributed by atoms with E-state index < -0.39 is 11.6 Å². The van der Waals surface area contributed by atoms with Gasteiger partial charge in [-0.15, -0.1) is 0 Å². The van der Waals surface area contributed by atoms with E-state index in [1.54, 1.807) is 42.5 Å². The molecule has 0 aliphatic rings. The molecule has 0 unspecified atom stereocenters. The van der Waals surface area contributed by atoms with E-state index in [0.29, 0.717) is 33.1 Å². The lowest BCUT2D eigenvalue weighted by Crippen LogP contribution is -2.15. The average molecular weight is 375 g/mol. The van der Waals surface area contributed by atoms with Crippen molar-refractivity contribution in [1.82, 2.24) is 0 Å². The van der Waals surface area contributed by atoms with Crippen LogP contribution in [0.15, 0.2) is 57.7 Å². The van der Waals surface area contributed by atoms with E-state index in [9.17, 15) is 9.59 Å². The standard InChI is InChI=1S/C19H15ClO6/c1-23-14-5-6-16-12(7-18(21)26-17(16)9-14)10-25-19(22)11-24-15-4-2-3-13(20)8-15/h2-9H,10-11H2,1H3. The minimum Gasteiger partial charge on any atom is -0.497 e. The summed E-state index contributed by atoms with van der Waals surface area (Å²) in [5, 5.41) is 1.17. The molecule has 0 saturated carbocycles. The first-order valence-electron chi connectivity index (χ1n) is 7.70. The van der Waals surface area contributed by atoms with Crippen molar-refractivity contribution < 1.29 is 23.4 Å². The third-order valence-corrected chi connectivity index (χ3v) is 3.81. The molecule has 0 fully saturated rings. The van der Waals surface area contributed by atoms with Gasteiger partial charge in [0.1, 0.15) is 23.7 Å². The quantitative estimate of drug-likeness (QED) is 0.485. The number of hydrogen-bond donors (Lipinski definition) is 0. The Morgan fingerprint density at radius 1 is 1.12 bits per heavy atom. The minimum absolute atomic E-state index is 0.0772. The predicted octanol–water partition coefficient (Wildman–Crippen LogP) is 3.58. The molecular weight excluding hydrogens is 360 g/mol. The fraction of sp³-hybridized carbons (Fsp3) is 0.158. The Labute approximate surface area is 153 Å². The van der Waals surface area contributed by atoms with Gasteiger partial charge in [0, 0.05) is 28.1 Å². The maximum Gasteiger partial charge on any atom is 0.344 e. The van der Waals surface area contributed by atoms with Gasteiger partial charge in [-0.05, 0) is 30.3 Å². The van der Waals surface area contributed by atoms with E-state index in [2.05, 4.69) is 0 Å². The Hall–Kier alpha value is -2.99. The van der Waals surface area contributed by atoms with Gasteiger partial charge in [-0.25, -0.2) is 9.59 Å². The van der Waals surface area contributed by atoms with Gasteiger partial charge in [-0.1, -0.05) is 17.7 Å². The molecule has 0 atom stereocenters. The van der Waals surface area contributed by atoms with E-state index in [-0.39, 0.29) is 13.2 Å². The van der Waals surface area contributed by atoms with Gasteiger partial charge in [0.15, 0.2) is 6.61 Å². The molecule has 0 spiro atoms. The lowest BCUT2D eigenvalue weighted by atomic mass is 10.1. The fourth-order valence-corrected chi connectivity index (χ4v) is 2.54. The highest BCUT2D eigenvalue weighted by Gasteiger charge is 2.10. The van der Waals surface area contributed by atoms with Crippen LogP contribution in [0.5, 0.6) is 11.5 Å². The Balaban J connectivity index is 1.67. The highest BCUT2D eigenvalue weighted by molar-refractivity contribution is 6.30. The number of ether oxygens (including phenoxy) is 3. The van der Waals surface area contributed by atoms with Crippen LogP contribution in [0, 0.1) is 0 Å². The van der Waals surface area contributed by atoms with E-state index in [4.69, 9.17) is 30.2 Å². The van der Waals surface area contributed by atoms with Crippen LogP contribution in [0.4, 0.5) is 0 Å². The maximum atomic E-state index is 11.9. The molecule has 7 heteroatoms. The first-order valence-corrected chi connectivity index (χ1v) is 8.08. The summed E-state index contributed by atoms with van der Waals surface area (Å²) in [7, 11) is 1.52. The molecule has 2 aromatic carbocycles. The van der Waals surface area contributed by atoms with Gasteiger partial charge in [0.2, 0.25) is 0 Å². The number of benzene rings is 2. The summed E-state index contributed by atoms with van der Waals surface area (Å²) in [6.45, 7) is -0.348. The number of hydrogen-bond acceptors (Lipinski definition) is 6. The molecule has 0 N–H and O–H groups in total. The van der Waals surface area contributed by atoms with Crippen LogP contribution < -0.4 is 15.1 Å². The number of esters is 1. The van der Waals surface area contributed by atoms with Gasteiger partial charge < -0.3 is 18.6 Å². The number of carbonyl (C=O) groups is 1. The zero-order valence-corrected chi connectivity index (χ0v) is 14.6. The van der Waals surface area contributed by atoms with Crippen molar-refractivity contribution >= 4 is 28.5 Å². The fourth-order valence-electron chi connectivity index (χ4n) is 2.36. The third kappa shape index (κ3) is 4.34. The summed E-state index contributed by atoms with van der Waals surface area (Å²) in [5.74, 6) is 0.456. The van der Waals surface area contributed by atoms with Crippen LogP contribution in [0.3, 0.4) is 0 Å². The topological polar surface area (TPSA) is 75.0 Å². The Kier molecular flexibility index (Phi) is 5.43. The number of halogens is 1. The normalized spacial score (nSPS) is 10.5. The van der Waals surface area contributed by atoms with Crippen molar-refractivity contribution in [2.45, 2.75) is 6.61 Å². The van der Waals surface area contributed by atoms with Crippen molar-refractivity contribution in [2.24, 2.45) is 0 Å². The third-order valence-electron chi connectivity index (χ3n) is 3.58. The molecule has 0 aliphatic carbocycles. The summed E-state index contributed by atoms with van der Waals surface area (Å²) in [6.07, 6.45) is 0. The van der Waals surface area contributed by atoms with Crippen molar-refractivity contribution in [2.75, 3.05) is 13.7 Å². The highest BCUT2D eigenvalue weighted by atomic mass is 35.5. The summed E-state index contributed by atoms with van der Waals surface area (Å²) >= 11 is 5.85. The minimum atomic E-state index is -0.570. The summed E-state index contributed by atoms with van der Waals surface area (Å²) in [6, 6.07) is 13.1. The Bertz CT molecular complexity index is 995. The van der Waals surface area contributed by atoms with E-state index in [1.807, 2.05) is 0 Å². The zero-order valence-electron chi connectivity index (χ0n) is 13.9. The highest BCUT2D eigenvalue weighted by Crippen LogP contribution is 2.23. The average Bonchev–Trinajstić information content (AvgIpc) is 2.63. The van der Waals surface area contributed by atoms with Crippen molar-refractivity contribution in [3.05, 3.63) is 69.5 Å². The first-order chi connectivity index (χ1) is 12.5. The van der Waals surface area contributed by atoms with Crippen LogP contribution in [0.1, 0.15) is 5.56 Å². The van der Waals surface area contributed by atoms with Crippen LogP contribution in [0.2, 0.25) is 5.02 Å². The molecule has 3 aromatic rings. The molecule has 0 radical (unpaired) electrons. The molecule has 134 valence electrons. The second kappa shape index (κ2) is 7.93. The molecule has 6 nitrogen and oxygen atoms in total. The second-order valence-corrected chi connectivity index (χ2v) is 5.80. The van der Waals surface area contributed by atoms with Gasteiger partial charge in [0.25, 0.3) is 0 Å². The van der Waals surface area contributed by atoms with Crippen LogP contribution in [0.25, 0.3) is 11.0 Å². The first kappa shape index (κ1) is 17.8. The SMILES string of the molecule is COc1ccc2c(COC(=O)COc3cccc(Cl)c3)cc(=O)oc2c1. The largest absolute Gasteiger partial charge is 0.497 e. The van der Waals surface area contributed by atoms with E-state index >= 15 is 0 Å². The van der Waals surface area contributed by atoms with Crippen molar-refractivity contribution in [3.8, 4) is 11.5 Å². The molecule has 0 aliphatic heterocycles. The number of fused-ring (bicyclic) bond motifs is 1. The molecule has 0 saturated heterocycles. The molecule has 0 bridgehead atoms. The van der Waals surface area contributed by atoms with E-state index in [1.165, 1.54) is 13.2 Å². The lowest BCUT2D eigenvalue weighted by Gasteiger charge is -2.09. The number of methoxy groups -OCH3 is 1.